The van der Waals surface area contributed by atoms with Crippen LogP contribution < -0.4 is 0 Å². The van der Waals surface area contributed by atoms with Gasteiger partial charge in [0.05, 0.1) is 0 Å². The molecule has 1 aliphatic carbocycles. The second-order valence-corrected chi connectivity index (χ2v) is 4.60. The lowest BCUT2D eigenvalue weighted by molar-refractivity contribution is 0.388. The Morgan fingerprint density at radius 2 is 1.94 bits per heavy atom. The Morgan fingerprint density at radius 3 is 2.50 bits per heavy atom. The minimum Gasteiger partial charge on any atom is -0.308 e. The van der Waals surface area contributed by atoms with Gasteiger partial charge in [-0.3, -0.25) is 0 Å². The first-order valence-electron chi connectivity index (χ1n) is 5.82. The number of nitrogens with zero attached hydrogens (tertiary/aromatic N) is 1. The van der Waals surface area contributed by atoms with E-state index < -0.39 is 0 Å². The maximum Gasteiger partial charge on any atom is 0.0182 e. The molecule has 84 valence electrons. The first-order chi connectivity index (χ1) is 7.77. The first-order valence-corrected chi connectivity index (χ1v) is 5.82. The highest BCUT2D eigenvalue weighted by Gasteiger charge is 2.17. The lowest BCUT2D eigenvalue weighted by Crippen LogP contribution is -2.21. The highest BCUT2D eigenvalue weighted by atomic mass is 15.1. The van der Waals surface area contributed by atoms with Crippen molar-refractivity contribution in [3.05, 3.63) is 59.7 Å². The van der Waals surface area contributed by atoms with Gasteiger partial charge in [0.2, 0.25) is 0 Å². The Morgan fingerprint density at radius 1 is 1.19 bits per heavy atom. The number of allylic oxidation sites excluding steroid dienone is 3. The molecule has 0 saturated carbocycles. The summed E-state index contributed by atoms with van der Waals surface area (Å²) in [4.78, 5) is 2.26. The van der Waals surface area contributed by atoms with Crippen LogP contribution in [0.15, 0.2) is 54.1 Å². The van der Waals surface area contributed by atoms with Crippen LogP contribution >= 0.6 is 0 Å². The van der Waals surface area contributed by atoms with Gasteiger partial charge in [0.1, 0.15) is 0 Å². The van der Waals surface area contributed by atoms with Gasteiger partial charge in [-0.1, -0.05) is 54.1 Å². The van der Waals surface area contributed by atoms with Crippen molar-refractivity contribution in [2.75, 3.05) is 20.6 Å². The van der Waals surface area contributed by atoms with Crippen LogP contribution in [-0.4, -0.2) is 25.5 Å². The van der Waals surface area contributed by atoms with Crippen molar-refractivity contribution >= 4 is 0 Å². The van der Waals surface area contributed by atoms with Gasteiger partial charge in [-0.05, 0) is 26.1 Å². The zero-order chi connectivity index (χ0) is 11.4. The van der Waals surface area contributed by atoms with E-state index in [2.05, 4.69) is 67.6 Å². The molecule has 0 aromatic heterocycles. The molecule has 0 N–H and O–H groups in total. The van der Waals surface area contributed by atoms with Gasteiger partial charge in [0, 0.05) is 12.5 Å². The third-order valence-corrected chi connectivity index (χ3v) is 3.00. The Labute approximate surface area is 98.1 Å². The molecule has 0 fully saturated rings. The van der Waals surface area contributed by atoms with E-state index in [1.807, 2.05) is 0 Å². The zero-order valence-electron chi connectivity index (χ0n) is 10.1. The predicted octanol–water partition coefficient (Wildman–Crippen LogP) is 3.22. The van der Waals surface area contributed by atoms with Gasteiger partial charge in [-0.15, -0.1) is 0 Å². The molecular weight excluding hydrogens is 194 g/mol. The average molecular weight is 213 g/mol. The molecule has 0 amide bonds. The Hall–Kier alpha value is -1.34. The lowest BCUT2D eigenvalue weighted by Gasteiger charge is -2.23. The summed E-state index contributed by atoms with van der Waals surface area (Å²) < 4.78 is 0. The largest absolute Gasteiger partial charge is 0.308 e. The highest BCUT2D eigenvalue weighted by Crippen LogP contribution is 2.29. The summed E-state index contributed by atoms with van der Waals surface area (Å²) in [5.41, 5.74) is 2.95. The monoisotopic (exact) mass is 213 g/mol. The van der Waals surface area contributed by atoms with Crippen LogP contribution in [0.3, 0.4) is 0 Å². The number of rotatable bonds is 4. The standard InChI is InChI=1S/C15H19N/c1-16(2)12-15(14-10-6-7-11-14)13-8-4-3-5-9-13/h3-10,15H,11-12H2,1-2H3. The number of benzene rings is 1. The van der Waals surface area contributed by atoms with Crippen molar-refractivity contribution in [2.24, 2.45) is 0 Å². The molecule has 0 heterocycles. The summed E-state index contributed by atoms with van der Waals surface area (Å²) in [6, 6.07) is 10.8. The molecule has 1 heteroatoms. The third kappa shape index (κ3) is 2.61. The van der Waals surface area contributed by atoms with E-state index in [9.17, 15) is 0 Å². The molecule has 1 atom stereocenters. The van der Waals surface area contributed by atoms with E-state index in [1.54, 1.807) is 0 Å². The number of likely N-dealkylation sites (N-methyl/N-ethyl adjacent to an activating group) is 1. The van der Waals surface area contributed by atoms with Gasteiger partial charge in [0.25, 0.3) is 0 Å². The highest BCUT2D eigenvalue weighted by molar-refractivity contribution is 5.35. The summed E-state index contributed by atoms with van der Waals surface area (Å²) in [7, 11) is 4.28. The fourth-order valence-electron chi connectivity index (χ4n) is 2.21. The van der Waals surface area contributed by atoms with E-state index in [1.165, 1.54) is 11.1 Å². The van der Waals surface area contributed by atoms with E-state index in [0.717, 1.165) is 13.0 Å². The zero-order valence-corrected chi connectivity index (χ0v) is 10.1. The maximum absolute atomic E-state index is 2.27. The number of hydrogen-bond acceptors (Lipinski definition) is 1. The van der Waals surface area contributed by atoms with Crippen molar-refractivity contribution < 1.29 is 0 Å². The van der Waals surface area contributed by atoms with Crippen LogP contribution in [0.2, 0.25) is 0 Å². The quantitative estimate of drug-likeness (QED) is 0.742. The number of hydrogen-bond donors (Lipinski definition) is 0. The molecule has 0 aliphatic heterocycles. The summed E-state index contributed by atoms with van der Waals surface area (Å²) in [6.45, 7) is 1.08. The Bertz CT molecular complexity index is 387. The molecule has 2 rings (SSSR count). The maximum atomic E-state index is 2.27. The fraction of sp³-hybridized carbons (Fsp3) is 0.333. The topological polar surface area (TPSA) is 3.24 Å². The molecule has 1 aliphatic rings. The van der Waals surface area contributed by atoms with Crippen molar-refractivity contribution in [2.45, 2.75) is 12.3 Å². The minimum atomic E-state index is 0.534. The van der Waals surface area contributed by atoms with E-state index in [0.29, 0.717) is 5.92 Å². The molecular formula is C15H19N. The molecule has 1 nitrogen and oxygen atoms in total. The smallest absolute Gasteiger partial charge is 0.0182 e. The first kappa shape index (κ1) is 11.2. The Kier molecular flexibility index (Phi) is 3.58. The lowest BCUT2D eigenvalue weighted by atomic mass is 9.90. The van der Waals surface area contributed by atoms with Gasteiger partial charge >= 0.3 is 0 Å². The van der Waals surface area contributed by atoms with Crippen LogP contribution in [0.5, 0.6) is 0 Å². The van der Waals surface area contributed by atoms with Crippen molar-refractivity contribution in [1.82, 2.24) is 4.90 Å². The van der Waals surface area contributed by atoms with Crippen molar-refractivity contribution in [3.8, 4) is 0 Å². The summed E-state index contributed by atoms with van der Waals surface area (Å²) in [5, 5.41) is 0. The van der Waals surface area contributed by atoms with Gasteiger partial charge < -0.3 is 4.90 Å². The van der Waals surface area contributed by atoms with Crippen molar-refractivity contribution in [1.29, 1.82) is 0 Å². The molecule has 1 aromatic rings. The van der Waals surface area contributed by atoms with Gasteiger partial charge in [0.15, 0.2) is 0 Å². The normalized spacial score (nSPS) is 16.6. The van der Waals surface area contributed by atoms with Crippen LogP contribution in [0.1, 0.15) is 17.9 Å². The van der Waals surface area contributed by atoms with Crippen LogP contribution in [0.4, 0.5) is 0 Å². The molecule has 16 heavy (non-hydrogen) atoms. The summed E-state index contributed by atoms with van der Waals surface area (Å²) >= 11 is 0. The predicted molar refractivity (Wildman–Crippen MR) is 69.6 cm³/mol. The minimum absolute atomic E-state index is 0.534. The van der Waals surface area contributed by atoms with Crippen molar-refractivity contribution in [3.63, 3.8) is 0 Å². The van der Waals surface area contributed by atoms with E-state index in [-0.39, 0.29) is 0 Å². The molecule has 0 bridgehead atoms. The van der Waals surface area contributed by atoms with Crippen LogP contribution in [-0.2, 0) is 0 Å². The summed E-state index contributed by atoms with van der Waals surface area (Å²) in [5.74, 6) is 0.534. The third-order valence-electron chi connectivity index (χ3n) is 3.00. The summed E-state index contributed by atoms with van der Waals surface area (Å²) in [6.07, 6.45) is 7.77. The SMILES string of the molecule is CN(C)CC(C1=CC=CC1)c1ccccc1. The van der Waals surface area contributed by atoms with E-state index in [4.69, 9.17) is 0 Å². The van der Waals surface area contributed by atoms with Gasteiger partial charge in [-0.2, -0.15) is 0 Å². The van der Waals surface area contributed by atoms with Gasteiger partial charge in [-0.25, -0.2) is 0 Å². The molecule has 0 saturated heterocycles. The molecule has 0 radical (unpaired) electrons. The molecule has 1 unspecified atom stereocenters. The van der Waals surface area contributed by atoms with Crippen LogP contribution in [0, 0.1) is 0 Å². The van der Waals surface area contributed by atoms with E-state index >= 15 is 0 Å². The Balaban J connectivity index is 2.21. The second kappa shape index (κ2) is 5.13. The van der Waals surface area contributed by atoms with Crippen LogP contribution in [0.25, 0.3) is 0 Å². The fourth-order valence-corrected chi connectivity index (χ4v) is 2.21. The second-order valence-electron chi connectivity index (χ2n) is 4.60. The molecule has 0 spiro atoms. The average Bonchev–Trinajstić information content (AvgIpc) is 2.80. The molecule has 1 aromatic carbocycles.